The normalized spacial score (nSPS) is 10.8. The number of rotatable bonds is 3. The molecule has 0 saturated carbocycles. The number of imidazole rings is 1. The summed E-state index contributed by atoms with van der Waals surface area (Å²) >= 11 is 0. The fourth-order valence-corrected chi connectivity index (χ4v) is 1.68. The van der Waals surface area contributed by atoms with E-state index in [0.29, 0.717) is 12.2 Å². The lowest BCUT2D eigenvalue weighted by Crippen LogP contribution is -2.09. The maximum atomic E-state index is 5.89. The molecule has 0 amide bonds. The molecule has 5 nitrogen and oxygen atoms in total. The summed E-state index contributed by atoms with van der Waals surface area (Å²) in [5.74, 6) is 2.34. The van der Waals surface area contributed by atoms with Gasteiger partial charge in [-0.15, -0.1) is 0 Å². The van der Waals surface area contributed by atoms with Crippen LogP contribution in [0.3, 0.4) is 0 Å². The molecule has 5 heteroatoms. The molecule has 0 aliphatic rings. The van der Waals surface area contributed by atoms with Gasteiger partial charge in [-0.25, -0.2) is 15.0 Å². The van der Waals surface area contributed by atoms with Crippen molar-refractivity contribution >= 4 is 5.82 Å². The van der Waals surface area contributed by atoms with Gasteiger partial charge in [0.1, 0.15) is 17.5 Å². The van der Waals surface area contributed by atoms with Crippen molar-refractivity contribution in [3.63, 3.8) is 0 Å². The van der Waals surface area contributed by atoms with Crippen molar-refractivity contribution in [2.75, 3.05) is 5.73 Å². The molecule has 0 radical (unpaired) electrons. The topological polar surface area (TPSA) is 69.6 Å². The van der Waals surface area contributed by atoms with E-state index in [1.165, 1.54) is 0 Å². The summed E-state index contributed by atoms with van der Waals surface area (Å²) in [4.78, 5) is 13.1. The Hall–Kier alpha value is -1.91. The molecular formula is C12H17N5. The molecule has 0 aliphatic heterocycles. The van der Waals surface area contributed by atoms with E-state index in [-0.39, 0.29) is 0 Å². The molecule has 0 saturated heterocycles. The van der Waals surface area contributed by atoms with Gasteiger partial charge >= 0.3 is 0 Å². The molecule has 2 rings (SSSR count). The van der Waals surface area contributed by atoms with Crippen LogP contribution in [0.1, 0.15) is 29.8 Å². The van der Waals surface area contributed by atoms with Crippen molar-refractivity contribution in [3.8, 4) is 0 Å². The van der Waals surface area contributed by atoms with Crippen LogP contribution in [0.15, 0.2) is 12.4 Å². The smallest absolute Gasteiger partial charge is 0.130 e. The Balaban J connectivity index is 2.38. The van der Waals surface area contributed by atoms with Crippen LogP contribution in [0.4, 0.5) is 5.82 Å². The number of anilines is 1. The number of aryl methyl sites for hydroxylation is 2. The van der Waals surface area contributed by atoms with E-state index < -0.39 is 0 Å². The average Bonchev–Trinajstić information content (AvgIpc) is 2.70. The molecule has 2 aromatic rings. The summed E-state index contributed by atoms with van der Waals surface area (Å²) < 4.78 is 1.99. The average molecular weight is 231 g/mol. The molecular weight excluding hydrogens is 214 g/mol. The van der Waals surface area contributed by atoms with Crippen LogP contribution < -0.4 is 5.73 Å². The first-order chi connectivity index (χ1) is 8.11. The molecule has 0 atom stereocenters. The monoisotopic (exact) mass is 231 g/mol. The van der Waals surface area contributed by atoms with Gasteiger partial charge < -0.3 is 10.3 Å². The van der Waals surface area contributed by atoms with Gasteiger partial charge in [0.15, 0.2) is 0 Å². The van der Waals surface area contributed by atoms with E-state index in [4.69, 9.17) is 5.73 Å². The lowest BCUT2D eigenvalue weighted by atomic mass is 10.1. The van der Waals surface area contributed by atoms with Gasteiger partial charge in [0, 0.05) is 37.8 Å². The van der Waals surface area contributed by atoms with Crippen LogP contribution in [-0.2, 0) is 19.9 Å². The van der Waals surface area contributed by atoms with Crippen LogP contribution in [0.5, 0.6) is 0 Å². The van der Waals surface area contributed by atoms with Crippen LogP contribution in [0.2, 0.25) is 0 Å². The predicted molar refractivity (Wildman–Crippen MR) is 66.6 cm³/mol. The van der Waals surface area contributed by atoms with E-state index in [1.54, 1.807) is 6.20 Å². The maximum absolute atomic E-state index is 5.89. The van der Waals surface area contributed by atoms with Gasteiger partial charge in [0.2, 0.25) is 0 Å². The van der Waals surface area contributed by atoms with Crippen LogP contribution in [0, 0.1) is 6.92 Å². The lowest BCUT2D eigenvalue weighted by molar-refractivity contribution is 0.795. The number of nitrogens with two attached hydrogens (primary N) is 1. The molecule has 2 heterocycles. The highest BCUT2D eigenvalue weighted by Gasteiger charge is 2.10. The first-order valence-electron chi connectivity index (χ1n) is 5.70. The summed E-state index contributed by atoms with van der Waals surface area (Å²) in [5, 5.41) is 0. The Morgan fingerprint density at radius 1 is 1.35 bits per heavy atom. The van der Waals surface area contributed by atoms with Crippen LogP contribution >= 0.6 is 0 Å². The van der Waals surface area contributed by atoms with E-state index in [9.17, 15) is 0 Å². The first kappa shape index (κ1) is 11.6. The summed E-state index contributed by atoms with van der Waals surface area (Å²) in [6.45, 7) is 3.97. The highest BCUT2D eigenvalue weighted by atomic mass is 15.0. The molecule has 2 aromatic heterocycles. The van der Waals surface area contributed by atoms with Crippen molar-refractivity contribution < 1.29 is 0 Å². The minimum atomic E-state index is 0.570. The third-order valence-electron chi connectivity index (χ3n) is 2.89. The highest BCUT2D eigenvalue weighted by molar-refractivity contribution is 5.42. The Labute approximate surface area is 101 Å². The number of nitrogen functional groups attached to an aromatic ring is 1. The zero-order chi connectivity index (χ0) is 12.4. The number of nitrogens with zero attached hydrogens (tertiary/aromatic N) is 4. The van der Waals surface area contributed by atoms with Gasteiger partial charge in [-0.3, -0.25) is 0 Å². The van der Waals surface area contributed by atoms with E-state index in [2.05, 4.69) is 15.0 Å². The molecule has 0 aliphatic carbocycles. The second-order valence-electron chi connectivity index (χ2n) is 4.08. The minimum absolute atomic E-state index is 0.570. The molecule has 0 fully saturated rings. The molecule has 2 N–H and O–H groups in total. The van der Waals surface area contributed by atoms with Gasteiger partial charge in [-0.05, 0) is 6.92 Å². The first-order valence-corrected chi connectivity index (χ1v) is 5.70. The number of aromatic nitrogens is 4. The zero-order valence-electron chi connectivity index (χ0n) is 10.4. The fraction of sp³-hybridized carbons (Fsp3) is 0.417. The highest BCUT2D eigenvalue weighted by Crippen LogP contribution is 2.15. The third-order valence-corrected chi connectivity index (χ3v) is 2.89. The quantitative estimate of drug-likeness (QED) is 0.863. The van der Waals surface area contributed by atoms with Gasteiger partial charge in [-0.1, -0.05) is 6.92 Å². The second-order valence-corrected chi connectivity index (χ2v) is 4.08. The minimum Gasteiger partial charge on any atom is -0.383 e. The Bertz CT molecular complexity index is 530. The molecule has 17 heavy (non-hydrogen) atoms. The largest absolute Gasteiger partial charge is 0.383 e. The van der Waals surface area contributed by atoms with Crippen molar-refractivity contribution in [2.24, 2.45) is 7.05 Å². The summed E-state index contributed by atoms with van der Waals surface area (Å²) in [6.07, 6.45) is 5.19. The maximum Gasteiger partial charge on any atom is 0.130 e. The summed E-state index contributed by atoms with van der Waals surface area (Å²) in [7, 11) is 1.98. The van der Waals surface area contributed by atoms with Crippen LogP contribution in [0.25, 0.3) is 0 Å². The molecule has 0 bridgehead atoms. The summed E-state index contributed by atoms with van der Waals surface area (Å²) in [5.41, 5.74) is 7.80. The second kappa shape index (κ2) is 4.53. The van der Waals surface area contributed by atoms with E-state index >= 15 is 0 Å². The van der Waals surface area contributed by atoms with Crippen molar-refractivity contribution in [1.29, 1.82) is 0 Å². The van der Waals surface area contributed by atoms with Crippen molar-refractivity contribution in [1.82, 2.24) is 19.5 Å². The van der Waals surface area contributed by atoms with Gasteiger partial charge in [0.25, 0.3) is 0 Å². The molecule has 0 unspecified atom stereocenters. The predicted octanol–water partition coefficient (Wildman–Crippen LogP) is 1.25. The standard InChI is InChI=1S/C12H17N5/c1-4-10-15-9(8(2)12(13)16-10)7-11-14-5-6-17(11)3/h5-6H,4,7H2,1-3H3,(H2,13,15,16). The van der Waals surface area contributed by atoms with E-state index in [1.807, 2.05) is 31.7 Å². The van der Waals surface area contributed by atoms with E-state index in [0.717, 1.165) is 29.3 Å². The fourth-order valence-electron chi connectivity index (χ4n) is 1.68. The number of hydrogen-bond donors (Lipinski definition) is 1. The number of hydrogen-bond acceptors (Lipinski definition) is 4. The zero-order valence-corrected chi connectivity index (χ0v) is 10.4. The van der Waals surface area contributed by atoms with Crippen LogP contribution in [-0.4, -0.2) is 19.5 Å². The van der Waals surface area contributed by atoms with Crippen molar-refractivity contribution in [2.45, 2.75) is 26.7 Å². The van der Waals surface area contributed by atoms with Gasteiger partial charge in [-0.2, -0.15) is 0 Å². The lowest BCUT2D eigenvalue weighted by Gasteiger charge is -2.09. The van der Waals surface area contributed by atoms with Crippen molar-refractivity contribution in [3.05, 3.63) is 35.3 Å². The SMILES string of the molecule is CCc1nc(N)c(C)c(Cc2nccn2C)n1. The summed E-state index contributed by atoms with van der Waals surface area (Å²) in [6, 6.07) is 0. The Morgan fingerprint density at radius 3 is 2.71 bits per heavy atom. The Kier molecular flexibility index (Phi) is 3.08. The molecule has 90 valence electrons. The van der Waals surface area contributed by atoms with Gasteiger partial charge in [0.05, 0.1) is 5.69 Å². The molecule has 0 aromatic carbocycles. The molecule has 0 spiro atoms. The Morgan fingerprint density at radius 2 is 2.12 bits per heavy atom. The third kappa shape index (κ3) is 2.27.